The molecule has 0 bridgehead atoms. The van der Waals surface area contributed by atoms with E-state index >= 15 is 0 Å². The predicted molar refractivity (Wildman–Crippen MR) is 76.2 cm³/mol. The second-order valence-electron chi connectivity index (χ2n) is 5.40. The molecule has 1 aliphatic rings. The monoisotopic (exact) mass is 268 g/mol. The summed E-state index contributed by atoms with van der Waals surface area (Å²) in [5, 5.41) is 4.74. The summed E-state index contributed by atoms with van der Waals surface area (Å²) in [5.41, 5.74) is 0.465. The Hall–Kier alpha value is -0.450. The topological polar surface area (TPSA) is 34.1 Å². The number of ether oxygens (including phenoxy) is 1. The van der Waals surface area contributed by atoms with Gasteiger partial charge in [0.15, 0.2) is 0 Å². The molecule has 18 heavy (non-hydrogen) atoms. The van der Waals surface area contributed by atoms with Gasteiger partial charge in [0.1, 0.15) is 0 Å². The normalized spacial score (nSPS) is 18.3. The van der Waals surface area contributed by atoms with Gasteiger partial charge in [0.2, 0.25) is 0 Å². The molecule has 1 N–H and O–H groups in total. The molecular formula is C14H24N2OS. The van der Waals surface area contributed by atoms with Crippen molar-refractivity contribution in [1.82, 2.24) is 10.3 Å². The van der Waals surface area contributed by atoms with Crippen LogP contribution in [0.3, 0.4) is 0 Å². The van der Waals surface area contributed by atoms with Gasteiger partial charge >= 0.3 is 0 Å². The molecule has 2 rings (SSSR count). The molecule has 0 aromatic carbocycles. The van der Waals surface area contributed by atoms with Crippen molar-refractivity contribution in [3.05, 3.63) is 16.1 Å². The lowest BCUT2D eigenvalue weighted by atomic mass is 9.82. The van der Waals surface area contributed by atoms with Crippen LogP contribution in [0.2, 0.25) is 0 Å². The van der Waals surface area contributed by atoms with Crippen molar-refractivity contribution in [2.24, 2.45) is 5.41 Å². The van der Waals surface area contributed by atoms with Gasteiger partial charge in [0.05, 0.1) is 11.6 Å². The minimum absolute atomic E-state index is 0.465. The Morgan fingerprint density at radius 3 is 2.83 bits per heavy atom. The summed E-state index contributed by atoms with van der Waals surface area (Å²) in [6.45, 7) is 4.97. The Balaban J connectivity index is 1.89. The molecule has 3 nitrogen and oxygen atoms in total. The fraction of sp³-hybridized carbons (Fsp3) is 0.786. The van der Waals surface area contributed by atoms with Gasteiger partial charge in [-0.15, -0.1) is 11.3 Å². The van der Waals surface area contributed by atoms with Gasteiger partial charge in [-0.1, -0.05) is 12.8 Å². The zero-order valence-electron chi connectivity index (χ0n) is 11.5. The van der Waals surface area contributed by atoms with E-state index in [1.54, 1.807) is 7.11 Å². The van der Waals surface area contributed by atoms with Crippen LogP contribution < -0.4 is 5.32 Å². The van der Waals surface area contributed by atoms with Crippen LogP contribution in [0.1, 0.15) is 35.6 Å². The molecule has 0 radical (unpaired) electrons. The standard InChI is InChI=1S/C14H24N2OS/c1-12-16-10-13(18-12)9-14(5-3-4-6-14)11-15-7-8-17-2/h10,15H,3-9,11H2,1-2H3. The predicted octanol–water partition coefficient (Wildman–Crippen LogP) is 2.79. The van der Waals surface area contributed by atoms with Crippen LogP contribution in [0.25, 0.3) is 0 Å². The van der Waals surface area contributed by atoms with Crippen molar-refractivity contribution in [3.63, 3.8) is 0 Å². The second kappa shape index (κ2) is 6.64. The number of hydrogen-bond donors (Lipinski definition) is 1. The van der Waals surface area contributed by atoms with E-state index in [0.717, 1.165) is 19.7 Å². The summed E-state index contributed by atoms with van der Waals surface area (Å²) < 4.78 is 5.09. The molecule has 1 heterocycles. The molecule has 1 saturated carbocycles. The molecule has 1 aliphatic carbocycles. The van der Waals surface area contributed by atoms with Gasteiger partial charge < -0.3 is 10.1 Å². The first kappa shape index (κ1) is 14.0. The number of aryl methyl sites for hydroxylation is 1. The molecule has 102 valence electrons. The Labute approximate surface area is 114 Å². The van der Waals surface area contributed by atoms with Crippen LogP contribution in [-0.2, 0) is 11.2 Å². The summed E-state index contributed by atoms with van der Waals surface area (Å²) in [7, 11) is 1.76. The van der Waals surface area contributed by atoms with Crippen molar-refractivity contribution in [2.75, 3.05) is 26.8 Å². The highest BCUT2D eigenvalue weighted by molar-refractivity contribution is 7.11. The number of aromatic nitrogens is 1. The Bertz CT molecular complexity index is 358. The molecule has 1 aromatic rings. The zero-order valence-corrected chi connectivity index (χ0v) is 12.3. The van der Waals surface area contributed by atoms with E-state index in [9.17, 15) is 0 Å². The van der Waals surface area contributed by atoms with Crippen LogP contribution in [0.4, 0.5) is 0 Å². The van der Waals surface area contributed by atoms with E-state index in [-0.39, 0.29) is 0 Å². The maximum Gasteiger partial charge on any atom is 0.0896 e. The fourth-order valence-electron chi connectivity index (χ4n) is 2.93. The van der Waals surface area contributed by atoms with Crippen molar-refractivity contribution >= 4 is 11.3 Å². The number of nitrogens with zero attached hydrogens (tertiary/aromatic N) is 1. The maximum atomic E-state index is 5.09. The summed E-state index contributed by atoms with van der Waals surface area (Å²) in [6.07, 6.45) is 8.72. The van der Waals surface area contributed by atoms with E-state index in [2.05, 4.69) is 23.4 Å². The average Bonchev–Trinajstić information content (AvgIpc) is 2.96. The third-order valence-electron chi connectivity index (χ3n) is 3.87. The lowest BCUT2D eigenvalue weighted by Crippen LogP contribution is -2.35. The third-order valence-corrected chi connectivity index (χ3v) is 4.78. The van der Waals surface area contributed by atoms with Gasteiger partial charge in [0, 0.05) is 31.3 Å². The SMILES string of the molecule is COCCNCC1(Cc2cnc(C)s2)CCCC1. The molecule has 0 saturated heterocycles. The molecule has 0 spiro atoms. The summed E-state index contributed by atoms with van der Waals surface area (Å²) in [5.74, 6) is 0. The summed E-state index contributed by atoms with van der Waals surface area (Å²) in [6, 6.07) is 0. The van der Waals surface area contributed by atoms with Crippen LogP contribution in [-0.4, -0.2) is 31.8 Å². The molecule has 4 heteroatoms. The van der Waals surface area contributed by atoms with Crippen molar-refractivity contribution in [2.45, 2.75) is 39.0 Å². The first-order chi connectivity index (χ1) is 8.74. The van der Waals surface area contributed by atoms with E-state index < -0.39 is 0 Å². The van der Waals surface area contributed by atoms with E-state index in [1.165, 1.54) is 42.0 Å². The maximum absolute atomic E-state index is 5.09. The van der Waals surface area contributed by atoms with Crippen molar-refractivity contribution in [3.8, 4) is 0 Å². The van der Waals surface area contributed by atoms with Gasteiger partial charge in [-0.3, -0.25) is 0 Å². The first-order valence-corrected chi connectivity index (χ1v) is 7.67. The highest BCUT2D eigenvalue weighted by Gasteiger charge is 2.34. The Kier molecular flexibility index (Phi) is 5.15. The molecule has 1 aromatic heterocycles. The fourth-order valence-corrected chi connectivity index (χ4v) is 3.89. The molecule has 0 amide bonds. The van der Waals surface area contributed by atoms with Crippen molar-refractivity contribution < 1.29 is 4.74 Å². The highest BCUT2D eigenvalue weighted by Crippen LogP contribution is 2.41. The summed E-state index contributed by atoms with van der Waals surface area (Å²) >= 11 is 1.85. The minimum atomic E-state index is 0.465. The van der Waals surface area contributed by atoms with Gasteiger partial charge in [-0.05, 0) is 31.6 Å². The van der Waals surface area contributed by atoms with Crippen LogP contribution in [0, 0.1) is 12.3 Å². The number of thiazole rings is 1. The lowest BCUT2D eigenvalue weighted by molar-refractivity contribution is 0.190. The van der Waals surface area contributed by atoms with E-state index in [0.29, 0.717) is 5.41 Å². The van der Waals surface area contributed by atoms with Gasteiger partial charge in [0.25, 0.3) is 0 Å². The third kappa shape index (κ3) is 3.77. The van der Waals surface area contributed by atoms with Crippen molar-refractivity contribution in [1.29, 1.82) is 0 Å². The molecule has 0 aliphatic heterocycles. The summed E-state index contributed by atoms with van der Waals surface area (Å²) in [4.78, 5) is 5.82. The average molecular weight is 268 g/mol. The quantitative estimate of drug-likeness (QED) is 0.772. The highest BCUT2D eigenvalue weighted by atomic mass is 32.1. The second-order valence-corrected chi connectivity index (χ2v) is 6.72. The van der Waals surface area contributed by atoms with Gasteiger partial charge in [-0.2, -0.15) is 0 Å². The molecule has 0 unspecified atom stereocenters. The molecule has 0 atom stereocenters. The number of rotatable bonds is 7. The van der Waals surface area contributed by atoms with Crippen LogP contribution >= 0.6 is 11.3 Å². The molecular weight excluding hydrogens is 244 g/mol. The van der Waals surface area contributed by atoms with Gasteiger partial charge in [-0.25, -0.2) is 4.98 Å². The lowest BCUT2D eigenvalue weighted by Gasteiger charge is -2.28. The Morgan fingerprint density at radius 1 is 1.44 bits per heavy atom. The van der Waals surface area contributed by atoms with E-state index in [1.807, 2.05) is 11.3 Å². The first-order valence-electron chi connectivity index (χ1n) is 6.85. The smallest absolute Gasteiger partial charge is 0.0896 e. The van der Waals surface area contributed by atoms with Crippen LogP contribution in [0.15, 0.2) is 6.20 Å². The van der Waals surface area contributed by atoms with Crippen LogP contribution in [0.5, 0.6) is 0 Å². The number of hydrogen-bond acceptors (Lipinski definition) is 4. The van der Waals surface area contributed by atoms with E-state index in [4.69, 9.17) is 4.74 Å². The zero-order chi connectivity index (χ0) is 12.8. The minimum Gasteiger partial charge on any atom is -0.383 e. The largest absolute Gasteiger partial charge is 0.383 e. The number of methoxy groups -OCH3 is 1. The Morgan fingerprint density at radius 2 is 2.22 bits per heavy atom. The molecule has 1 fully saturated rings. The number of nitrogens with one attached hydrogen (secondary N) is 1.